The van der Waals surface area contributed by atoms with E-state index in [1.807, 2.05) is 18.2 Å². The van der Waals surface area contributed by atoms with Crippen LogP contribution in [0.4, 0.5) is 0 Å². The number of benzene rings is 11. The highest BCUT2D eigenvalue weighted by Crippen LogP contribution is 2.40. The van der Waals surface area contributed by atoms with Crippen molar-refractivity contribution in [3.8, 4) is 45.4 Å². The van der Waals surface area contributed by atoms with Gasteiger partial charge in [0.1, 0.15) is 5.82 Å². The Morgan fingerprint density at radius 2 is 0.712 bits per heavy atom. The van der Waals surface area contributed by atoms with Crippen LogP contribution in [-0.2, 0) is 0 Å². The van der Waals surface area contributed by atoms with Crippen LogP contribution in [0.1, 0.15) is 5.56 Å². The van der Waals surface area contributed by atoms with Crippen molar-refractivity contribution in [2.45, 2.75) is 0 Å². The van der Waals surface area contributed by atoms with E-state index in [0.717, 1.165) is 39.2 Å². The molecule has 0 aliphatic heterocycles. The molecular formula is C56H33N3. The van der Waals surface area contributed by atoms with Gasteiger partial charge in [0, 0.05) is 11.3 Å². The molecule has 0 spiro atoms. The quantitative estimate of drug-likeness (QED) is 0.168. The molecule has 12 aromatic rings. The summed E-state index contributed by atoms with van der Waals surface area (Å²) in [6.07, 6.45) is 0. The van der Waals surface area contributed by atoms with Crippen molar-refractivity contribution in [2.24, 2.45) is 0 Å². The number of rotatable bonds is 4. The zero-order valence-corrected chi connectivity index (χ0v) is 31.9. The van der Waals surface area contributed by atoms with Crippen molar-refractivity contribution in [1.82, 2.24) is 9.55 Å². The van der Waals surface area contributed by atoms with E-state index >= 15 is 0 Å². The van der Waals surface area contributed by atoms with Gasteiger partial charge in [0.2, 0.25) is 0 Å². The minimum absolute atomic E-state index is 0.590. The van der Waals surface area contributed by atoms with Gasteiger partial charge in [0.15, 0.2) is 0 Å². The molecule has 0 saturated heterocycles. The predicted molar refractivity (Wildman–Crippen MR) is 247 cm³/mol. The summed E-state index contributed by atoms with van der Waals surface area (Å²) >= 11 is 0. The smallest absolute Gasteiger partial charge is 0.145 e. The van der Waals surface area contributed by atoms with Crippen LogP contribution in [0.5, 0.6) is 0 Å². The first-order chi connectivity index (χ1) is 29.2. The minimum atomic E-state index is 0.590. The van der Waals surface area contributed by atoms with E-state index in [1.165, 1.54) is 75.8 Å². The second kappa shape index (κ2) is 13.0. The molecule has 0 amide bonds. The Kier molecular flexibility index (Phi) is 7.29. The summed E-state index contributed by atoms with van der Waals surface area (Å²) in [6, 6.07) is 74.0. The fraction of sp³-hybridized carbons (Fsp3) is 0. The highest BCUT2D eigenvalue weighted by atomic mass is 15.1. The second-order valence-corrected chi connectivity index (χ2v) is 15.4. The number of aromatic nitrogens is 2. The molecule has 0 bridgehead atoms. The average molecular weight is 748 g/mol. The molecule has 0 unspecified atom stereocenters. The molecule has 272 valence electrons. The molecule has 0 atom stereocenters. The molecule has 1 aromatic heterocycles. The third kappa shape index (κ3) is 5.17. The molecule has 12 rings (SSSR count). The lowest BCUT2D eigenvalue weighted by molar-refractivity contribution is 1.10. The highest BCUT2D eigenvalue weighted by molar-refractivity contribution is 6.27. The maximum atomic E-state index is 9.75. The monoisotopic (exact) mass is 747 g/mol. The van der Waals surface area contributed by atoms with Crippen LogP contribution in [-0.4, -0.2) is 9.55 Å². The van der Waals surface area contributed by atoms with Crippen LogP contribution >= 0.6 is 0 Å². The van der Waals surface area contributed by atoms with Crippen molar-refractivity contribution in [2.75, 3.05) is 0 Å². The van der Waals surface area contributed by atoms with E-state index in [-0.39, 0.29) is 0 Å². The van der Waals surface area contributed by atoms with Crippen LogP contribution in [0.25, 0.3) is 115 Å². The molecule has 0 radical (unpaired) electrons. The van der Waals surface area contributed by atoms with Gasteiger partial charge < -0.3 is 0 Å². The maximum absolute atomic E-state index is 9.75. The summed E-state index contributed by atoms with van der Waals surface area (Å²) in [7, 11) is 0. The van der Waals surface area contributed by atoms with Crippen molar-refractivity contribution in [1.29, 1.82) is 5.26 Å². The summed E-state index contributed by atoms with van der Waals surface area (Å²) < 4.78 is 2.21. The zero-order valence-electron chi connectivity index (χ0n) is 31.9. The Hall–Kier alpha value is -8.06. The van der Waals surface area contributed by atoms with Gasteiger partial charge >= 0.3 is 0 Å². The van der Waals surface area contributed by atoms with Crippen molar-refractivity contribution in [3.05, 3.63) is 206 Å². The molecule has 3 heteroatoms. The van der Waals surface area contributed by atoms with Crippen molar-refractivity contribution in [3.63, 3.8) is 0 Å². The normalized spacial score (nSPS) is 11.7. The van der Waals surface area contributed by atoms with E-state index in [0.29, 0.717) is 5.56 Å². The molecule has 0 saturated carbocycles. The minimum Gasteiger partial charge on any atom is -0.292 e. The molecule has 1 heterocycles. The summed E-state index contributed by atoms with van der Waals surface area (Å²) in [5.74, 6) is 0.828. The number of imidazole rings is 1. The van der Waals surface area contributed by atoms with Crippen LogP contribution < -0.4 is 0 Å². The molecule has 0 N–H and O–H groups in total. The topological polar surface area (TPSA) is 41.6 Å². The molecule has 0 aliphatic carbocycles. The van der Waals surface area contributed by atoms with Crippen LogP contribution in [0.3, 0.4) is 0 Å². The van der Waals surface area contributed by atoms with E-state index in [1.54, 1.807) is 0 Å². The Morgan fingerprint density at radius 1 is 0.339 bits per heavy atom. The Bertz CT molecular complexity index is 3650. The third-order valence-electron chi connectivity index (χ3n) is 12.2. The maximum Gasteiger partial charge on any atom is 0.145 e. The molecular weight excluding hydrogens is 715 g/mol. The standard InChI is InChI=1S/C56H33N3/c57-34-35-17-30-55-54(31-35)58-56(38-20-18-36(19-21-38)39-24-28-50-46-13-3-1-9-42(46)44-11-5-7-15-48(44)52(50)32-39)59(55)41-26-22-37(23-27-41)40-25-29-51-47-14-4-2-10-43(47)45-12-6-8-16-49(45)53(51)33-40/h1-33H. The largest absolute Gasteiger partial charge is 0.292 e. The van der Waals surface area contributed by atoms with Crippen LogP contribution in [0.15, 0.2) is 200 Å². The molecule has 59 heavy (non-hydrogen) atoms. The lowest BCUT2D eigenvalue weighted by Crippen LogP contribution is -1.98. The number of nitriles is 1. The second-order valence-electron chi connectivity index (χ2n) is 15.4. The first kappa shape index (κ1) is 33.1. The molecule has 3 nitrogen and oxygen atoms in total. The number of hydrogen-bond acceptors (Lipinski definition) is 2. The number of nitrogens with zero attached hydrogens (tertiary/aromatic N) is 3. The average Bonchev–Trinajstić information content (AvgIpc) is 3.70. The number of hydrogen-bond donors (Lipinski definition) is 0. The van der Waals surface area contributed by atoms with Gasteiger partial charge in [-0.1, -0.05) is 158 Å². The SMILES string of the molecule is N#Cc1ccc2c(c1)nc(-c1ccc(-c3ccc4c5ccccc5c5ccccc5c4c3)cc1)n2-c1ccc(-c2ccc3c4ccccc4c4ccccc4c3c2)cc1. The Labute approximate surface area is 340 Å². The first-order valence-corrected chi connectivity index (χ1v) is 20.0. The van der Waals surface area contributed by atoms with Crippen LogP contribution in [0.2, 0.25) is 0 Å². The predicted octanol–water partition coefficient (Wildman–Crippen LogP) is 14.8. The van der Waals surface area contributed by atoms with E-state index < -0.39 is 0 Å². The first-order valence-electron chi connectivity index (χ1n) is 20.0. The van der Waals surface area contributed by atoms with Gasteiger partial charge in [-0.05, 0) is 129 Å². The summed E-state index contributed by atoms with van der Waals surface area (Å²) in [4.78, 5) is 5.15. The van der Waals surface area contributed by atoms with Gasteiger partial charge in [-0.2, -0.15) is 5.26 Å². The lowest BCUT2D eigenvalue weighted by Gasteiger charge is -2.14. The van der Waals surface area contributed by atoms with E-state index in [4.69, 9.17) is 4.98 Å². The summed E-state index contributed by atoms with van der Waals surface area (Å²) in [5, 5.41) is 25.0. The fourth-order valence-electron chi connectivity index (χ4n) is 9.39. The molecule has 11 aromatic carbocycles. The van der Waals surface area contributed by atoms with Gasteiger partial charge in [-0.25, -0.2) is 4.98 Å². The van der Waals surface area contributed by atoms with Crippen molar-refractivity contribution < 1.29 is 0 Å². The third-order valence-corrected chi connectivity index (χ3v) is 12.2. The highest BCUT2D eigenvalue weighted by Gasteiger charge is 2.17. The fourth-order valence-corrected chi connectivity index (χ4v) is 9.39. The Balaban J connectivity index is 0.947. The van der Waals surface area contributed by atoms with E-state index in [9.17, 15) is 5.26 Å². The molecule has 0 fully saturated rings. The van der Waals surface area contributed by atoms with E-state index in [2.05, 4.69) is 193 Å². The summed E-state index contributed by atoms with van der Waals surface area (Å²) in [6.45, 7) is 0. The van der Waals surface area contributed by atoms with Crippen molar-refractivity contribution >= 4 is 75.7 Å². The lowest BCUT2D eigenvalue weighted by atomic mass is 9.92. The summed E-state index contributed by atoms with van der Waals surface area (Å²) in [5.41, 5.74) is 8.96. The van der Waals surface area contributed by atoms with Gasteiger partial charge in [0.25, 0.3) is 0 Å². The van der Waals surface area contributed by atoms with Crippen LogP contribution in [0, 0.1) is 11.3 Å². The van der Waals surface area contributed by atoms with Gasteiger partial charge in [-0.15, -0.1) is 0 Å². The Morgan fingerprint density at radius 3 is 1.15 bits per heavy atom. The number of fused-ring (bicyclic) bond motifs is 13. The zero-order chi connectivity index (χ0) is 39.0. The van der Waals surface area contributed by atoms with Gasteiger partial charge in [-0.3, -0.25) is 4.57 Å². The molecule has 0 aliphatic rings. The van der Waals surface area contributed by atoms with Gasteiger partial charge in [0.05, 0.1) is 22.7 Å².